The van der Waals surface area contributed by atoms with Gasteiger partial charge in [0, 0.05) is 17.1 Å². The van der Waals surface area contributed by atoms with Gasteiger partial charge in [0.05, 0.1) is 16.3 Å². The molecule has 0 atom stereocenters. The third-order valence-electron chi connectivity index (χ3n) is 4.87. The highest BCUT2D eigenvalue weighted by Crippen LogP contribution is 2.40. The van der Waals surface area contributed by atoms with Crippen molar-refractivity contribution >= 4 is 75.7 Å². The van der Waals surface area contributed by atoms with Crippen LogP contribution in [-0.2, 0) is 22.8 Å². The van der Waals surface area contributed by atoms with Crippen molar-refractivity contribution in [2.75, 3.05) is 4.90 Å². The molecule has 2 heterocycles. The van der Waals surface area contributed by atoms with Crippen LogP contribution in [0.1, 0.15) is 11.3 Å². The van der Waals surface area contributed by atoms with Crippen molar-refractivity contribution in [3.8, 4) is 11.6 Å². The molecule has 1 N–H and O–H groups in total. The molecule has 0 saturated carbocycles. The van der Waals surface area contributed by atoms with Crippen LogP contribution >= 0.6 is 47.0 Å². The zero-order valence-corrected chi connectivity index (χ0v) is 20.9. The molecule has 186 valence electrons. The SMILES string of the molecule is Cn1nc(C(F)(F)F)c(/C=C2\C(=O)NC(=S)N(c3ccc(Cl)cc3)C2=O)c1Oc1ccc(Cl)cc1Cl. The van der Waals surface area contributed by atoms with Crippen LogP contribution in [0.3, 0.4) is 0 Å². The Morgan fingerprint density at radius 1 is 1.06 bits per heavy atom. The maximum absolute atomic E-state index is 13.9. The third kappa shape index (κ3) is 5.05. The van der Waals surface area contributed by atoms with Crippen LogP contribution in [0.2, 0.25) is 15.1 Å². The topological polar surface area (TPSA) is 76.5 Å². The Bertz CT molecular complexity index is 1440. The average Bonchev–Trinajstić information content (AvgIpc) is 3.09. The highest BCUT2D eigenvalue weighted by Gasteiger charge is 2.41. The normalized spacial score (nSPS) is 15.5. The van der Waals surface area contributed by atoms with Gasteiger partial charge in [-0.1, -0.05) is 34.8 Å². The zero-order chi connectivity index (χ0) is 26.4. The number of alkyl halides is 3. The number of halogens is 6. The van der Waals surface area contributed by atoms with E-state index in [0.29, 0.717) is 5.02 Å². The van der Waals surface area contributed by atoms with Gasteiger partial charge in [0.1, 0.15) is 11.3 Å². The van der Waals surface area contributed by atoms with Gasteiger partial charge in [-0.05, 0) is 60.8 Å². The fraction of sp³-hybridized carbons (Fsp3) is 0.0909. The molecule has 1 aliphatic heterocycles. The number of nitrogens with zero attached hydrogens (tertiary/aromatic N) is 3. The van der Waals surface area contributed by atoms with Gasteiger partial charge in [-0.3, -0.25) is 19.8 Å². The van der Waals surface area contributed by atoms with Crippen molar-refractivity contribution in [1.82, 2.24) is 15.1 Å². The number of aromatic nitrogens is 2. The summed E-state index contributed by atoms with van der Waals surface area (Å²) in [6.45, 7) is 0. The first-order chi connectivity index (χ1) is 16.9. The largest absolute Gasteiger partial charge is 0.437 e. The van der Waals surface area contributed by atoms with Crippen LogP contribution in [0.25, 0.3) is 6.08 Å². The fourth-order valence-electron chi connectivity index (χ4n) is 3.27. The van der Waals surface area contributed by atoms with Gasteiger partial charge in [0.25, 0.3) is 11.8 Å². The molecule has 0 bridgehead atoms. The van der Waals surface area contributed by atoms with E-state index in [1.807, 2.05) is 0 Å². The Balaban J connectivity index is 1.85. The predicted molar refractivity (Wildman–Crippen MR) is 132 cm³/mol. The fourth-order valence-corrected chi connectivity index (χ4v) is 4.13. The summed E-state index contributed by atoms with van der Waals surface area (Å²) in [5.41, 5.74) is -2.45. The van der Waals surface area contributed by atoms with Crippen LogP contribution in [0, 0.1) is 0 Å². The lowest BCUT2D eigenvalue weighted by atomic mass is 10.1. The number of aryl methyl sites for hydroxylation is 1. The second-order valence-corrected chi connectivity index (χ2v) is 8.97. The summed E-state index contributed by atoms with van der Waals surface area (Å²) in [4.78, 5) is 26.9. The molecular formula is C22H12Cl3F3N4O3S. The van der Waals surface area contributed by atoms with Crippen molar-refractivity contribution in [3.63, 3.8) is 0 Å². The lowest BCUT2D eigenvalue weighted by Gasteiger charge is -2.29. The van der Waals surface area contributed by atoms with Crippen molar-refractivity contribution < 1.29 is 27.5 Å². The van der Waals surface area contributed by atoms with E-state index in [4.69, 9.17) is 51.8 Å². The number of anilines is 1. The number of benzene rings is 2. The molecule has 0 aliphatic carbocycles. The number of amides is 2. The number of hydrogen-bond acceptors (Lipinski definition) is 5. The monoisotopic (exact) mass is 574 g/mol. The first-order valence-corrected chi connectivity index (χ1v) is 11.3. The highest BCUT2D eigenvalue weighted by atomic mass is 35.5. The van der Waals surface area contributed by atoms with Gasteiger partial charge in [0.2, 0.25) is 5.88 Å². The minimum atomic E-state index is -4.95. The molecule has 0 unspecified atom stereocenters. The minimum absolute atomic E-state index is 0.0154. The lowest BCUT2D eigenvalue weighted by Crippen LogP contribution is -2.54. The molecule has 14 heteroatoms. The molecule has 1 aliphatic rings. The van der Waals surface area contributed by atoms with Gasteiger partial charge < -0.3 is 4.74 Å². The van der Waals surface area contributed by atoms with E-state index in [1.165, 1.54) is 49.5 Å². The number of carbonyl (C=O) groups is 2. The van der Waals surface area contributed by atoms with Crippen molar-refractivity contribution in [2.24, 2.45) is 7.05 Å². The first kappa shape index (κ1) is 26.0. The maximum atomic E-state index is 13.9. The van der Waals surface area contributed by atoms with E-state index in [2.05, 4.69) is 10.4 Å². The summed E-state index contributed by atoms with van der Waals surface area (Å²) in [7, 11) is 1.20. The number of rotatable bonds is 4. The summed E-state index contributed by atoms with van der Waals surface area (Å²) >= 11 is 23.0. The van der Waals surface area contributed by atoms with Crippen molar-refractivity contribution in [3.05, 3.63) is 74.4 Å². The lowest BCUT2D eigenvalue weighted by molar-refractivity contribution is -0.141. The molecule has 0 radical (unpaired) electrons. The smallest absolute Gasteiger partial charge is 0.435 e. The highest BCUT2D eigenvalue weighted by molar-refractivity contribution is 7.80. The molecule has 3 aromatic rings. The summed E-state index contributed by atoms with van der Waals surface area (Å²) in [6.07, 6.45) is -4.20. The van der Waals surface area contributed by atoms with Gasteiger partial charge in [-0.15, -0.1) is 0 Å². The number of carbonyl (C=O) groups excluding carboxylic acids is 2. The number of ether oxygens (including phenoxy) is 1. The Kier molecular flexibility index (Phi) is 7.02. The summed E-state index contributed by atoms with van der Waals surface area (Å²) < 4.78 is 48.0. The van der Waals surface area contributed by atoms with Gasteiger partial charge >= 0.3 is 6.18 Å². The summed E-state index contributed by atoms with van der Waals surface area (Å²) in [5.74, 6) is -2.41. The van der Waals surface area contributed by atoms with Gasteiger partial charge in [-0.2, -0.15) is 18.3 Å². The molecule has 4 rings (SSSR count). The van der Waals surface area contributed by atoms with Gasteiger partial charge in [0.15, 0.2) is 10.8 Å². The second-order valence-electron chi connectivity index (χ2n) is 7.30. The van der Waals surface area contributed by atoms with E-state index in [9.17, 15) is 22.8 Å². The van der Waals surface area contributed by atoms with Crippen molar-refractivity contribution in [1.29, 1.82) is 0 Å². The van der Waals surface area contributed by atoms with Crippen LogP contribution in [-0.4, -0.2) is 26.7 Å². The average molecular weight is 576 g/mol. The molecule has 2 aromatic carbocycles. The minimum Gasteiger partial charge on any atom is -0.437 e. The Labute approximate surface area is 222 Å². The van der Waals surface area contributed by atoms with Crippen LogP contribution in [0.5, 0.6) is 11.6 Å². The number of hydrogen-bond donors (Lipinski definition) is 1. The summed E-state index contributed by atoms with van der Waals surface area (Å²) in [5, 5.41) is 6.22. The van der Waals surface area contributed by atoms with Crippen LogP contribution in [0.4, 0.5) is 18.9 Å². The van der Waals surface area contributed by atoms with Crippen molar-refractivity contribution in [2.45, 2.75) is 6.18 Å². The second kappa shape index (κ2) is 9.74. The number of nitrogens with one attached hydrogen (secondary N) is 1. The van der Waals surface area contributed by atoms with E-state index in [0.717, 1.165) is 15.7 Å². The first-order valence-electron chi connectivity index (χ1n) is 9.81. The third-order valence-corrected chi connectivity index (χ3v) is 5.94. The molecule has 7 nitrogen and oxygen atoms in total. The van der Waals surface area contributed by atoms with E-state index >= 15 is 0 Å². The molecule has 0 spiro atoms. The summed E-state index contributed by atoms with van der Waals surface area (Å²) in [6, 6.07) is 10.00. The molecule has 2 amide bonds. The predicted octanol–water partition coefficient (Wildman–Crippen LogP) is 6.02. The quantitative estimate of drug-likeness (QED) is 0.234. The number of thiocarbonyl (C=S) groups is 1. The van der Waals surface area contributed by atoms with E-state index in [1.54, 1.807) is 0 Å². The van der Waals surface area contributed by atoms with E-state index < -0.39 is 40.7 Å². The van der Waals surface area contributed by atoms with Gasteiger partial charge in [-0.25, -0.2) is 4.68 Å². The molecule has 36 heavy (non-hydrogen) atoms. The Morgan fingerprint density at radius 2 is 1.69 bits per heavy atom. The van der Waals surface area contributed by atoms with Crippen LogP contribution < -0.4 is 15.0 Å². The van der Waals surface area contributed by atoms with E-state index in [-0.39, 0.29) is 26.6 Å². The molecule has 1 aromatic heterocycles. The Morgan fingerprint density at radius 3 is 2.31 bits per heavy atom. The maximum Gasteiger partial charge on any atom is 0.435 e. The van der Waals surface area contributed by atoms with Crippen LogP contribution in [0.15, 0.2) is 48.0 Å². The molecular weight excluding hydrogens is 564 g/mol. The Hall–Kier alpha value is -3.12. The molecule has 1 saturated heterocycles. The molecule has 1 fully saturated rings. The standard InChI is InChI=1S/C22H12Cl3F3N4O3S/c1-31-20(35-16-7-4-11(24)8-15(16)25)13(17(30-31)22(26,27)28)9-14-18(33)29-21(36)32(19(14)34)12-5-2-10(23)3-6-12/h2-9H,1H3,(H,29,33,36)/b14-9+. The zero-order valence-electron chi connectivity index (χ0n) is 17.9.